The molecule has 104 valence electrons. The molecule has 0 aliphatic carbocycles. The Kier molecular flexibility index (Phi) is 2.35. The Labute approximate surface area is 119 Å². The summed E-state index contributed by atoms with van der Waals surface area (Å²) in [5.74, 6) is -0.618. The summed E-state index contributed by atoms with van der Waals surface area (Å²) >= 11 is 0. The van der Waals surface area contributed by atoms with Crippen molar-refractivity contribution in [2.75, 3.05) is 11.4 Å². The first-order valence-corrected chi connectivity index (χ1v) is 6.67. The van der Waals surface area contributed by atoms with Gasteiger partial charge in [-0.2, -0.15) is 0 Å². The van der Waals surface area contributed by atoms with Crippen LogP contribution in [-0.2, 0) is 9.59 Å². The number of carbonyl (C=O) groups excluding carboxylic acids is 3. The molecule has 1 unspecified atom stereocenters. The number of ketones is 1. The zero-order valence-electron chi connectivity index (χ0n) is 11.0. The highest BCUT2D eigenvalue weighted by molar-refractivity contribution is 6.26. The molecule has 0 bridgehead atoms. The van der Waals surface area contributed by atoms with E-state index < -0.39 is 6.04 Å². The van der Waals surface area contributed by atoms with Gasteiger partial charge in [-0.15, -0.1) is 0 Å². The van der Waals surface area contributed by atoms with Crippen LogP contribution in [0.15, 0.2) is 30.5 Å². The Hall–Kier alpha value is -2.76. The molecule has 2 aromatic rings. The van der Waals surface area contributed by atoms with Crippen LogP contribution in [0.5, 0.6) is 0 Å². The minimum absolute atomic E-state index is 0.0378. The van der Waals surface area contributed by atoms with E-state index in [1.165, 1.54) is 4.90 Å². The molecule has 2 aliphatic heterocycles. The molecule has 2 amide bonds. The minimum Gasteiger partial charge on any atom is -0.347 e. The van der Waals surface area contributed by atoms with Gasteiger partial charge in [-0.3, -0.25) is 24.3 Å². The predicted octanol–water partition coefficient (Wildman–Crippen LogP) is 0.653. The van der Waals surface area contributed by atoms with Gasteiger partial charge in [0.15, 0.2) is 5.78 Å². The van der Waals surface area contributed by atoms with E-state index in [2.05, 4.69) is 10.3 Å². The number of hydrogen-bond donors (Lipinski definition) is 1. The molecule has 1 N–H and O–H groups in total. The van der Waals surface area contributed by atoms with Crippen molar-refractivity contribution in [1.82, 2.24) is 10.3 Å². The second-order valence-corrected chi connectivity index (χ2v) is 5.18. The number of anilines is 1. The fraction of sp³-hybridized carbons (Fsp3) is 0.200. The first kappa shape index (κ1) is 12.0. The van der Waals surface area contributed by atoms with Gasteiger partial charge in [-0.1, -0.05) is 6.07 Å². The molecule has 0 spiro atoms. The van der Waals surface area contributed by atoms with Crippen molar-refractivity contribution in [3.05, 3.63) is 36.0 Å². The van der Waals surface area contributed by atoms with E-state index in [-0.39, 0.29) is 30.6 Å². The Bertz CT molecular complexity index is 810. The Morgan fingerprint density at radius 1 is 1.19 bits per heavy atom. The first-order chi connectivity index (χ1) is 10.2. The topological polar surface area (TPSA) is 79.4 Å². The van der Waals surface area contributed by atoms with Crippen molar-refractivity contribution in [3.8, 4) is 0 Å². The maximum Gasteiger partial charge on any atom is 0.259 e. The predicted molar refractivity (Wildman–Crippen MR) is 75.0 cm³/mol. The van der Waals surface area contributed by atoms with Crippen molar-refractivity contribution in [1.29, 1.82) is 0 Å². The fourth-order valence-electron chi connectivity index (χ4n) is 3.01. The number of carbonyl (C=O) groups is 3. The lowest BCUT2D eigenvalue weighted by molar-refractivity contribution is -0.131. The average molecular weight is 281 g/mol. The van der Waals surface area contributed by atoms with Gasteiger partial charge in [0.2, 0.25) is 5.91 Å². The smallest absolute Gasteiger partial charge is 0.259 e. The summed E-state index contributed by atoms with van der Waals surface area (Å²) in [5, 5.41) is 3.29. The number of hydrogen-bond acceptors (Lipinski definition) is 4. The van der Waals surface area contributed by atoms with Crippen LogP contribution < -0.4 is 10.2 Å². The van der Waals surface area contributed by atoms with Crippen molar-refractivity contribution in [2.45, 2.75) is 12.5 Å². The summed E-state index contributed by atoms with van der Waals surface area (Å²) in [4.78, 5) is 42.0. The lowest BCUT2D eigenvalue weighted by Gasteiger charge is -2.30. The lowest BCUT2D eigenvalue weighted by Crippen LogP contribution is -2.54. The zero-order chi connectivity index (χ0) is 14.6. The molecule has 0 radical (unpaired) electrons. The van der Waals surface area contributed by atoms with Crippen LogP contribution in [0.1, 0.15) is 16.8 Å². The molecule has 1 atom stereocenters. The van der Waals surface area contributed by atoms with E-state index >= 15 is 0 Å². The normalized spacial score (nSPS) is 21.0. The molecule has 6 heteroatoms. The third kappa shape index (κ3) is 1.59. The summed E-state index contributed by atoms with van der Waals surface area (Å²) in [6.07, 6.45) is 1.66. The Balaban J connectivity index is 1.89. The summed E-state index contributed by atoms with van der Waals surface area (Å²) in [5.41, 5.74) is 1.89. The van der Waals surface area contributed by atoms with E-state index in [1.54, 1.807) is 24.4 Å². The third-order valence-corrected chi connectivity index (χ3v) is 3.95. The lowest BCUT2D eigenvalue weighted by atomic mass is 10.0. The molecule has 0 saturated carbocycles. The second kappa shape index (κ2) is 4.12. The van der Waals surface area contributed by atoms with Gasteiger partial charge in [0.05, 0.1) is 23.3 Å². The molecule has 6 nitrogen and oxygen atoms in total. The Morgan fingerprint density at radius 2 is 2.05 bits per heavy atom. The molecular weight excluding hydrogens is 270 g/mol. The van der Waals surface area contributed by atoms with Gasteiger partial charge in [0.1, 0.15) is 6.04 Å². The molecule has 21 heavy (non-hydrogen) atoms. The van der Waals surface area contributed by atoms with Crippen LogP contribution in [0.4, 0.5) is 5.69 Å². The number of benzene rings is 1. The summed E-state index contributed by atoms with van der Waals surface area (Å²) in [6, 6.07) is 6.24. The SMILES string of the molecule is O=C1CNC(=O)C(N2C(=O)c3cccc4nccc2c34)C1. The average Bonchev–Trinajstić information content (AvgIpc) is 2.77. The second-order valence-electron chi connectivity index (χ2n) is 5.18. The summed E-state index contributed by atoms with van der Waals surface area (Å²) in [7, 11) is 0. The third-order valence-electron chi connectivity index (χ3n) is 3.95. The van der Waals surface area contributed by atoms with Crippen molar-refractivity contribution in [3.63, 3.8) is 0 Å². The number of nitrogens with one attached hydrogen (secondary N) is 1. The maximum atomic E-state index is 12.6. The number of aromatic nitrogens is 1. The molecule has 2 aliphatic rings. The molecule has 3 heterocycles. The van der Waals surface area contributed by atoms with E-state index in [4.69, 9.17) is 0 Å². The van der Waals surface area contributed by atoms with Gasteiger partial charge in [0.25, 0.3) is 5.91 Å². The van der Waals surface area contributed by atoms with E-state index in [0.717, 1.165) is 5.39 Å². The van der Waals surface area contributed by atoms with Gasteiger partial charge >= 0.3 is 0 Å². The van der Waals surface area contributed by atoms with Crippen LogP contribution >= 0.6 is 0 Å². The number of amides is 2. The van der Waals surface area contributed by atoms with Gasteiger partial charge in [-0.05, 0) is 18.2 Å². The van der Waals surface area contributed by atoms with Crippen LogP contribution in [0, 0.1) is 0 Å². The van der Waals surface area contributed by atoms with Gasteiger partial charge in [0, 0.05) is 18.0 Å². The van der Waals surface area contributed by atoms with Crippen LogP contribution in [0.2, 0.25) is 0 Å². The largest absolute Gasteiger partial charge is 0.347 e. The highest BCUT2D eigenvalue weighted by Crippen LogP contribution is 2.38. The van der Waals surface area contributed by atoms with Crippen molar-refractivity contribution < 1.29 is 14.4 Å². The minimum atomic E-state index is -0.781. The van der Waals surface area contributed by atoms with Crippen molar-refractivity contribution >= 4 is 34.2 Å². The van der Waals surface area contributed by atoms with Crippen LogP contribution in [0.25, 0.3) is 10.9 Å². The number of rotatable bonds is 1. The van der Waals surface area contributed by atoms with Crippen LogP contribution in [-0.4, -0.2) is 35.2 Å². The number of nitrogens with zero attached hydrogens (tertiary/aromatic N) is 2. The molecule has 1 aromatic heterocycles. The highest BCUT2D eigenvalue weighted by Gasteiger charge is 2.41. The summed E-state index contributed by atoms with van der Waals surface area (Å²) < 4.78 is 0. The molecule has 1 aromatic carbocycles. The summed E-state index contributed by atoms with van der Waals surface area (Å²) in [6.45, 7) is 0.0378. The van der Waals surface area contributed by atoms with E-state index in [0.29, 0.717) is 16.8 Å². The molecule has 1 fully saturated rings. The Morgan fingerprint density at radius 3 is 2.90 bits per heavy atom. The van der Waals surface area contributed by atoms with Crippen LogP contribution in [0.3, 0.4) is 0 Å². The molecule has 4 rings (SSSR count). The molecular formula is C15H11N3O3. The van der Waals surface area contributed by atoms with Crippen molar-refractivity contribution in [2.24, 2.45) is 0 Å². The number of pyridine rings is 1. The number of Topliss-reactive ketones (excluding diaryl/α,β-unsaturated/α-hetero) is 1. The quantitative estimate of drug-likeness (QED) is 0.832. The van der Waals surface area contributed by atoms with Gasteiger partial charge < -0.3 is 5.32 Å². The standard InChI is InChI=1S/C15H11N3O3/c19-8-6-12(14(20)17-7-8)18-11-4-5-16-10-3-1-2-9(13(10)11)15(18)21/h1-5,12H,6-7H2,(H,17,20). The first-order valence-electron chi connectivity index (χ1n) is 6.67. The van der Waals surface area contributed by atoms with Gasteiger partial charge in [-0.25, -0.2) is 0 Å². The highest BCUT2D eigenvalue weighted by atomic mass is 16.2. The van der Waals surface area contributed by atoms with E-state index in [9.17, 15) is 14.4 Å². The number of piperidine rings is 1. The fourth-order valence-corrected chi connectivity index (χ4v) is 3.01. The molecule has 1 saturated heterocycles. The maximum absolute atomic E-state index is 12.6. The van der Waals surface area contributed by atoms with E-state index in [1.807, 2.05) is 6.07 Å². The monoisotopic (exact) mass is 281 g/mol. The zero-order valence-corrected chi connectivity index (χ0v) is 11.0.